The molecule has 0 aromatic heterocycles. The van der Waals surface area contributed by atoms with Gasteiger partial charge in [0, 0.05) is 31.7 Å². The Bertz CT molecular complexity index is 1010. The number of benzene rings is 2. The third kappa shape index (κ3) is 4.67. The van der Waals surface area contributed by atoms with E-state index in [1.54, 1.807) is 24.3 Å². The highest BCUT2D eigenvalue weighted by Gasteiger charge is 2.33. The number of carbonyl (C=O) groups is 1. The topological polar surface area (TPSA) is 57.7 Å². The molecular weight excluding hydrogens is 417 g/mol. The number of rotatable bonds is 4. The van der Waals surface area contributed by atoms with Crippen LogP contribution in [0, 0.1) is 0 Å². The Morgan fingerprint density at radius 3 is 2.10 bits per heavy atom. The summed E-state index contributed by atoms with van der Waals surface area (Å²) in [6, 6.07) is 11.0. The van der Waals surface area contributed by atoms with Gasteiger partial charge in [-0.1, -0.05) is 32.0 Å². The first kappa shape index (κ1) is 22.3. The van der Waals surface area contributed by atoms with Crippen LogP contribution in [0.25, 0.3) is 0 Å². The summed E-state index contributed by atoms with van der Waals surface area (Å²) in [7, 11) is -3.70. The number of amides is 1. The normalized spacial score (nSPS) is 16.1. The Kier molecular flexibility index (Phi) is 6.24. The molecule has 0 spiro atoms. The molecule has 1 heterocycles. The summed E-state index contributed by atoms with van der Waals surface area (Å²) in [6.45, 7) is 4.42. The molecule has 1 fully saturated rings. The number of piperazine rings is 1. The first-order chi connectivity index (χ1) is 14.0. The molecule has 1 saturated heterocycles. The van der Waals surface area contributed by atoms with Crippen LogP contribution >= 0.6 is 0 Å². The van der Waals surface area contributed by atoms with Crippen molar-refractivity contribution in [3.05, 3.63) is 65.2 Å². The van der Waals surface area contributed by atoms with Gasteiger partial charge in [-0.3, -0.25) is 4.79 Å². The first-order valence-corrected chi connectivity index (χ1v) is 11.0. The molecule has 0 N–H and O–H groups in total. The fourth-order valence-corrected chi connectivity index (χ4v) is 4.74. The molecule has 9 heteroatoms. The smallest absolute Gasteiger partial charge is 0.336 e. The zero-order chi connectivity index (χ0) is 22.1. The van der Waals surface area contributed by atoms with Crippen LogP contribution in [0.1, 0.15) is 41.3 Å². The molecule has 0 aliphatic carbocycles. The quantitative estimate of drug-likeness (QED) is 0.723. The van der Waals surface area contributed by atoms with Gasteiger partial charge in [-0.2, -0.15) is 17.5 Å². The van der Waals surface area contributed by atoms with Crippen molar-refractivity contribution in [1.82, 2.24) is 9.21 Å². The molecule has 5 nitrogen and oxygen atoms in total. The second-order valence-corrected chi connectivity index (χ2v) is 9.44. The van der Waals surface area contributed by atoms with E-state index < -0.39 is 27.7 Å². The van der Waals surface area contributed by atoms with Crippen molar-refractivity contribution < 1.29 is 26.4 Å². The molecule has 0 atom stereocenters. The molecule has 1 amide bonds. The van der Waals surface area contributed by atoms with Gasteiger partial charge in [0.05, 0.1) is 10.5 Å². The zero-order valence-corrected chi connectivity index (χ0v) is 17.5. The van der Waals surface area contributed by atoms with Gasteiger partial charge < -0.3 is 4.90 Å². The van der Waals surface area contributed by atoms with Crippen molar-refractivity contribution in [3.8, 4) is 0 Å². The van der Waals surface area contributed by atoms with Crippen LogP contribution in [0.2, 0.25) is 0 Å². The molecule has 162 valence electrons. The van der Waals surface area contributed by atoms with Crippen molar-refractivity contribution in [2.75, 3.05) is 26.2 Å². The van der Waals surface area contributed by atoms with Gasteiger partial charge in [0.25, 0.3) is 5.91 Å². The third-order valence-electron chi connectivity index (χ3n) is 5.15. The van der Waals surface area contributed by atoms with Gasteiger partial charge >= 0.3 is 6.18 Å². The summed E-state index contributed by atoms with van der Waals surface area (Å²) < 4.78 is 65.7. The van der Waals surface area contributed by atoms with E-state index >= 15 is 0 Å². The number of hydrogen-bond acceptors (Lipinski definition) is 3. The Hall–Kier alpha value is -2.39. The van der Waals surface area contributed by atoms with Crippen LogP contribution in [-0.4, -0.2) is 49.7 Å². The molecular formula is C21H23F3N2O3S. The van der Waals surface area contributed by atoms with E-state index in [2.05, 4.69) is 0 Å². The van der Waals surface area contributed by atoms with Gasteiger partial charge in [0.1, 0.15) is 0 Å². The van der Waals surface area contributed by atoms with E-state index in [1.807, 2.05) is 13.8 Å². The minimum atomic E-state index is -4.53. The van der Waals surface area contributed by atoms with E-state index in [1.165, 1.54) is 21.3 Å². The lowest BCUT2D eigenvalue weighted by molar-refractivity contribution is -0.137. The van der Waals surface area contributed by atoms with Gasteiger partial charge in [-0.15, -0.1) is 0 Å². The molecule has 0 saturated carbocycles. The van der Waals surface area contributed by atoms with Crippen LogP contribution in [-0.2, 0) is 16.2 Å². The number of nitrogens with zero attached hydrogens (tertiary/aromatic N) is 2. The van der Waals surface area contributed by atoms with Crippen molar-refractivity contribution in [2.24, 2.45) is 0 Å². The van der Waals surface area contributed by atoms with E-state index in [-0.39, 0.29) is 42.6 Å². The highest BCUT2D eigenvalue weighted by molar-refractivity contribution is 7.89. The number of halogens is 3. The fourth-order valence-electron chi connectivity index (χ4n) is 3.32. The predicted molar refractivity (Wildman–Crippen MR) is 107 cm³/mol. The summed E-state index contributed by atoms with van der Waals surface area (Å²) >= 11 is 0. The molecule has 0 radical (unpaired) electrons. The summed E-state index contributed by atoms with van der Waals surface area (Å²) in [4.78, 5) is 14.2. The Labute approximate surface area is 174 Å². The SMILES string of the molecule is CC(C)c1ccc(S(=O)(=O)N2CCN(C(=O)c3cccc(C(F)(F)F)c3)CC2)cc1. The lowest BCUT2D eigenvalue weighted by Crippen LogP contribution is -2.50. The highest BCUT2D eigenvalue weighted by atomic mass is 32.2. The maximum absolute atomic E-state index is 12.9. The van der Waals surface area contributed by atoms with Crippen LogP contribution in [0.15, 0.2) is 53.4 Å². The minimum Gasteiger partial charge on any atom is -0.336 e. The number of sulfonamides is 1. The first-order valence-electron chi connectivity index (χ1n) is 9.57. The Balaban J connectivity index is 1.69. The number of hydrogen-bond donors (Lipinski definition) is 0. The van der Waals surface area contributed by atoms with E-state index in [4.69, 9.17) is 0 Å². The molecule has 3 rings (SSSR count). The van der Waals surface area contributed by atoms with Crippen molar-refractivity contribution >= 4 is 15.9 Å². The van der Waals surface area contributed by atoms with E-state index in [0.717, 1.165) is 17.7 Å². The second kappa shape index (κ2) is 8.39. The number of alkyl halides is 3. The number of carbonyl (C=O) groups excluding carboxylic acids is 1. The fraction of sp³-hybridized carbons (Fsp3) is 0.381. The van der Waals surface area contributed by atoms with Gasteiger partial charge in [-0.05, 0) is 41.8 Å². The molecule has 1 aliphatic heterocycles. The average molecular weight is 440 g/mol. The van der Waals surface area contributed by atoms with Crippen LogP contribution in [0.4, 0.5) is 13.2 Å². The maximum Gasteiger partial charge on any atom is 0.416 e. The lowest BCUT2D eigenvalue weighted by atomic mass is 10.0. The van der Waals surface area contributed by atoms with Crippen molar-refractivity contribution in [2.45, 2.75) is 30.8 Å². The average Bonchev–Trinajstić information content (AvgIpc) is 2.73. The third-order valence-corrected chi connectivity index (χ3v) is 7.06. The molecule has 1 aliphatic rings. The van der Waals surface area contributed by atoms with Gasteiger partial charge in [0.2, 0.25) is 10.0 Å². The highest BCUT2D eigenvalue weighted by Crippen LogP contribution is 2.30. The van der Waals surface area contributed by atoms with E-state index in [9.17, 15) is 26.4 Å². The second-order valence-electron chi connectivity index (χ2n) is 7.50. The summed E-state index contributed by atoms with van der Waals surface area (Å²) in [5, 5.41) is 0. The minimum absolute atomic E-state index is 0.0644. The van der Waals surface area contributed by atoms with Crippen molar-refractivity contribution in [3.63, 3.8) is 0 Å². The summed E-state index contributed by atoms with van der Waals surface area (Å²) in [5.41, 5.74) is 0.0790. The maximum atomic E-state index is 12.9. The Morgan fingerprint density at radius 2 is 1.57 bits per heavy atom. The molecule has 0 unspecified atom stereocenters. The van der Waals surface area contributed by atoms with Crippen LogP contribution in [0.5, 0.6) is 0 Å². The summed E-state index contributed by atoms with van der Waals surface area (Å²) in [6.07, 6.45) is -4.53. The van der Waals surface area contributed by atoms with Gasteiger partial charge in [-0.25, -0.2) is 8.42 Å². The molecule has 30 heavy (non-hydrogen) atoms. The predicted octanol–water partition coefficient (Wildman–Crippen LogP) is 3.98. The van der Waals surface area contributed by atoms with Crippen molar-refractivity contribution in [1.29, 1.82) is 0 Å². The van der Waals surface area contributed by atoms with E-state index in [0.29, 0.717) is 0 Å². The van der Waals surface area contributed by atoms with Gasteiger partial charge in [0.15, 0.2) is 0 Å². The van der Waals surface area contributed by atoms with Crippen LogP contribution in [0.3, 0.4) is 0 Å². The monoisotopic (exact) mass is 440 g/mol. The lowest BCUT2D eigenvalue weighted by Gasteiger charge is -2.34. The molecule has 0 bridgehead atoms. The standard InChI is InChI=1S/C21H23F3N2O3S/c1-15(2)16-6-8-19(9-7-16)30(28,29)26-12-10-25(11-13-26)20(27)17-4-3-5-18(14-17)21(22,23)24/h3-9,14-15H,10-13H2,1-2H3. The zero-order valence-electron chi connectivity index (χ0n) is 16.7. The molecule has 2 aromatic rings. The Morgan fingerprint density at radius 1 is 0.967 bits per heavy atom. The molecule has 2 aromatic carbocycles. The van der Waals surface area contributed by atoms with Crippen LogP contribution < -0.4 is 0 Å². The largest absolute Gasteiger partial charge is 0.416 e. The summed E-state index contributed by atoms with van der Waals surface area (Å²) in [5.74, 6) is -0.258.